The summed E-state index contributed by atoms with van der Waals surface area (Å²) in [6.07, 6.45) is 8.32. The van der Waals surface area contributed by atoms with E-state index in [0.717, 1.165) is 31.9 Å². The topological polar surface area (TPSA) is 42.7 Å². The van der Waals surface area contributed by atoms with Crippen LogP contribution >= 0.6 is 0 Å². The van der Waals surface area contributed by atoms with Gasteiger partial charge in [-0.1, -0.05) is 6.07 Å². The van der Waals surface area contributed by atoms with Gasteiger partial charge in [0.1, 0.15) is 6.10 Å². The van der Waals surface area contributed by atoms with E-state index in [9.17, 15) is 0 Å². The number of rotatable bonds is 4. The molecule has 5 rings (SSSR count). The second-order valence-corrected chi connectivity index (χ2v) is 7.06. The third-order valence-corrected chi connectivity index (χ3v) is 5.24. The SMILES string of the molecule is c1cc(C2CC2)n2cnc([C@@H]3CN(Cc4ccncc4)CCO3)c2c1. The van der Waals surface area contributed by atoms with Gasteiger partial charge >= 0.3 is 0 Å². The molecule has 2 fully saturated rings. The quantitative estimate of drug-likeness (QED) is 0.735. The van der Waals surface area contributed by atoms with Gasteiger partial charge in [0.25, 0.3) is 0 Å². The minimum atomic E-state index is 0.0371. The Morgan fingerprint density at radius 3 is 2.84 bits per heavy atom. The normalized spacial score (nSPS) is 21.7. The molecular formula is C20H22N4O. The molecule has 5 nitrogen and oxygen atoms in total. The molecule has 2 aliphatic rings. The highest BCUT2D eigenvalue weighted by molar-refractivity contribution is 5.54. The van der Waals surface area contributed by atoms with Crippen LogP contribution in [-0.4, -0.2) is 39.0 Å². The van der Waals surface area contributed by atoms with E-state index in [1.807, 2.05) is 18.7 Å². The second-order valence-electron chi connectivity index (χ2n) is 7.06. The first-order chi connectivity index (χ1) is 12.4. The zero-order valence-electron chi connectivity index (χ0n) is 14.2. The lowest BCUT2D eigenvalue weighted by molar-refractivity contribution is -0.0341. The van der Waals surface area contributed by atoms with Gasteiger partial charge in [-0.3, -0.25) is 9.88 Å². The Labute approximate surface area is 147 Å². The maximum atomic E-state index is 6.08. The number of hydrogen-bond donors (Lipinski definition) is 0. The number of ether oxygens (including phenoxy) is 1. The van der Waals surface area contributed by atoms with E-state index >= 15 is 0 Å². The van der Waals surface area contributed by atoms with Crippen molar-refractivity contribution >= 4 is 5.52 Å². The van der Waals surface area contributed by atoms with Gasteiger partial charge < -0.3 is 9.14 Å². The van der Waals surface area contributed by atoms with Crippen molar-refractivity contribution in [1.82, 2.24) is 19.3 Å². The van der Waals surface area contributed by atoms with Crippen molar-refractivity contribution in [3.63, 3.8) is 0 Å². The number of pyridine rings is 2. The van der Waals surface area contributed by atoms with Crippen LogP contribution in [0, 0.1) is 0 Å². The predicted octanol–water partition coefficient (Wildman–Crippen LogP) is 3.18. The molecule has 1 aliphatic heterocycles. The molecule has 0 bridgehead atoms. The fraction of sp³-hybridized carbons (Fsp3) is 0.400. The molecule has 4 heterocycles. The van der Waals surface area contributed by atoms with Crippen molar-refractivity contribution in [3.8, 4) is 0 Å². The van der Waals surface area contributed by atoms with Crippen molar-refractivity contribution in [2.45, 2.75) is 31.4 Å². The first kappa shape index (κ1) is 15.0. The van der Waals surface area contributed by atoms with Crippen molar-refractivity contribution < 1.29 is 4.74 Å². The third-order valence-electron chi connectivity index (χ3n) is 5.24. The van der Waals surface area contributed by atoms with Crippen molar-refractivity contribution in [3.05, 3.63) is 66.0 Å². The molecule has 1 aliphatic carbocycles. The fourth-order valence-corrected chi connectivity index (χ4v) is 3.78. The highest BCUT2D eigenvalue weighted by Gasteiger charge is 2.29. The lowest BCUT2D eigenvalue weighted by atomic mass is 10.1. The molecule has 5 heteroatoms. The summed E-state index contributed by atoms with van der Waals surface area (Å²) in [6.45, 7) is 3.51. The largest absolute Gasteiger partial charge is 0.369 e. The van der Waals surface area contributed by atoms with Crippen molar-refractivity contribution in [2.24, 2.45) is 0 Å². The van der Waals surface area contributed by atoms with E-state index in [0.29, 0.717) is 5.92 Å². The summed E-state index contributed by atoms with van der Waals surface area (Å²) in [5, 5.41) is 0. The van der Waals surface area contributed by atoms with Gasteiger partial charge in [0, 0.05) is 37.7 Å². The Balaban J connectivity index is 1.39. The molecule has 3 aromatic heterocycles. The monoisotopic (exact) mass is 334 g/mol. The number of morpholine rings is 1. The van der Waals surface area contributed by atoms with Crippen molar-refractivity contribution in [1.29, 1.82) is 0 Å². The van der Waals surface area contributed by atoms with Crippen LogP contribution in [0.15, 0.2) is 49.1 Å². The van der Waals surface area contributed by atoms with Crippen LogP contribution in [0.5, 0.6) is 0 Å². The van der Waals surface area contributed by atoms with Crippen LogP contribution in [0.2, 0.25) is 0 Å². The van der Waals surface area contributed by atoms with Crippen molar-refractivity contribution in [2.75, 3.05) is 19.7 Å². The second kappa shape index (κ2) is 6.24. The number of nitrogens with zero attached hydrogens (tertiary/aromatic N) is 4. The molecule has 128 valence electrons. The van der Waals surface area contributed by atoms with Crippen LogP contribution in [0.3, 0.4) is 0 Å². The molecule has 3 aromatic rings. The highest BCUT2D eigenvalue weighted by atomic mass is 16.5. The smallest absolute Gasteiger partial charge is 0.114 e. The van der Waals surface area contributed by atoms with Gasteiger partial charge in [-0.25, -0.2) is 4.98 Å². The maximum absolute atomic E-state index is 6.08. The van der Waals surface area contributed by atoms with E-state index in [1.165, 1.54) is 29.6 Å². The first-order valence-corrected chi connectivity index (χ1v) is 9.07. The van der Waals surface area contributed by atoms with E-state index < -0.39 is 0 Å². The Morgan fingerprint density at radius 1 is 1.12 bits per heavy atom. The summed E-state index contributed by atoms with van der Waals surface area (Å²) in [5.74, 6) is 0.709. The van der Waals surface area contributed by atoms with Gasteiger partial charge in [-0.05, 0) is 48.6 Å². The minimum absolute atomic E-state index is 0.0371. The maximum Gasteiger partial charge on any atom is 0.114 e. The highest BCUT2D eigenvalue weighted by Crippen LogP contribution is 2.40. The third kappa shape index (κ3) is 2.94. The Kier molecular flexibility index (Phi) is 3.76. The Morgan fingerprint density at radius 2 is 2.00 bits per heavy atom. The van der Waals surface area contributed by atoms with E-state index in [2.05, 4.69) is 44.6 Å². The summed E-state index contributed by atoms with van der Waals surface area (Å²) >= 11 is 0. The van der Waals surface area contributed by atoms with E-state index in [4.69, 9.17) is 9.72 Å². The molecular weight excluding hydrogens is 312 g/mol. The van der Waals surface area contributed by atoms with Crippen LogP contribution in [-0.2, 0) is 11.3 Å². The number of imidazole rings is 1. The zero-order chi connectivity index (χ0) is 16.6. The van der Waals surface area contributed by atoms with Crippen LogP contribution in [0.1, 0.15) is 41.8 Å². The summed E-state index contributed by atoms with van der Waals surface area (Å²) in [4.78, 5) is 11.3. The molecule has 1 atom stereocenters. The number of hydrogen-bond acceptors (Lipinski definition) is 4. The molecule has 0 amide bonds. The zero-order valence-corrected chi connectivity index (χ0v) is 14.2. The average molecular weight is 334 g/mol. The standard InChI is InChI=1S/C20H22N4O/c1-2-17(16-4-5-16)24-14-22-20(18(24)3-1)19-13-23(10-11-25-19)12-15-6-8-21-9-7-15/h1-3,6-9,14,16,19H,4-5,10-13H2/t19-/m0/s1. The van der Waals surface area contributed by atoms with Gasteiger partial charge in [-0.2, -0.15) is 0 Å². The van der Waals surface area contributed by atoms with Gasteiger partial charge in [0.2, 0.25) is 0 Å². The lowest BCUT2D eigenvalue weighted by Gasteiger charge is -2.32. The molecule has 0 aromatic carbocycles. The summed E-state index contributed by atoms with van der Waals surface area (Å²) in [6, 6.07) is 10.7. The Bertz CT molecular complexity index is 872. The van der Waals surface area contributed by atoms with Gasteiger partial charge in [-0.15, -0.1) is 0 Å². The summed E-state index contributed by atoms with van der Waals surface area (Å²) in [7, 11) is 0. The molecule has 0 spiro atoms. The molecule has 25 heavy (non-hydrogen) atoms. The number of aromatic nitrogens is 3. The fourth-order valence-electron chi connectivity index (χ4n) is 3.78. The Hall–Kier alpha value is -2.24. The number of fused-ring (bicyclic) bond motifs is 1. The van der Waals surface area contributed by atoms with Crippen LogP contribution in [0.4, 0.5) is 0 Å². The molecule has 0 unspecified atom stereocenters. The van der Waals surface area contributed by atoms with Gasteiger partial charge in [0.15, 0.2) is 0 Å². The molecule has 1 saturated heterocycles. The van der Waals surface area contributed by atoms with Crippen LogP contribution < -0.4 is 0 Å². The van der Waals surface area contributed by atoms with Crippen LogP contribution in [0.25, 0.3) is 5.52 Å². The molecule has 0 N–H and O–H groups in total. The van der Waals surface area contributed by atoms with Gasteiger partial charge in [0.05, 0.1) is 24.1 Å². The predicted molar refractivity (Wildman–Crippen MR) is 95.4 cm³/mol. The minimum Gasteiger partial charge on any atom is -0.369 e. The summed E-state index contributed by atoms with van der Waals surface area (Å²) in [5.41, 5.74) is 4.95. The summed E-state index contributed by atoms with van der Waals surface area (Å²) < 4.78 is 8.35. The van der Waals surface area contributed by atoms with E-state index in [1.54, 1.807) is 0 Å². The molecule has 0 radical (unpaired) electrons. The lowest BCUT2D eigenvalue weighted by Crippen LogP contribution is -2.38. The molecule has 1 saturated carbocycles. The first-order valence-electron chi connectivity index (χ1n) is 9.07. The average Bonchev–Trinajstić information content (AvgIpc) is 3.41. The van der Waals surface area contributed by atoms with E-state index in [-0.39, 0.29) is 6.10 Å².